The molecule has 2 rings (SSSR count). The zero-order chi connectivity index (χ0) is 15.8. The Morgan fingerprint density at radius 2 is 2.00 bits per heavy atom. The predicted octanol–water partition coefficient (Wildman–Crippen LogP) is 4.93. The second-order valence-corrected chi connectivity index (χ2v) is 7.93. The van der Waals surface area contributed by atoms with Gasteiger partial charge in [0.15, 0.2) is 0 Å². The number of rotatable bonds is 4. The van der Waals surface area contributed by atoms with Crippen LogP contribution in [-0.4, -0.2) is 14.9 Å². The number of aliphatic hydroxyl groups is 1. The maximum Gasteiger partial charge on any atom is 0.108 e. The predicted molar refractivity (Wildman–Crippen MR) is 87.5 cm³/mol. The molecule has 1 aliphatic rings. The molecular formula is C17H29ClN2O. The average Bonchev–Trinajstić information content (AvgIpc) is 2.82. The van der Waals surface area contributed by atoms with Crippen LogP contribution in [0.2, 0.25) is 5.02 Å². The third-order valence-corrected chi connectivity index (χ3v) is 5.79. The highest BCUT2D eigenvalue weighted by atomic mass is 35.5. The van der Waals surface area contributed by atoms with Crippen LogP contribution in [-0.2, 0) is 5.60 Å². The number of hydrogen-bond donors (Lipinski definition) is 1. The Balaban J connectivity index is 2.22. The third kappa shape index (κ3) is 3.14. The summed E-state index contributed by atoms with van der Waals surface area (Å²) in [6.45, 7) is 11.1. The summed E-state index contributed by atoms with van der Waals surface area (Å²) in [5.74, 6) is 0.678. The van der Waals surface area contributed by atoms with Gasteiger partial charge in [-0.3, -0.25) is 4.68 Å². The first kappa shape index (κ1) is 16.8. The van der Waals surface area contributed by atoms with E-state index in [-0.39, 0.29) is 6.04 Å². The van der Waals surface area contributed by atoms with Gasteiger partial charge in [-0.1, -0.05) is 38.8 Å². The molecule has 0 saturated heterocycles. The van der Waals surface area contributed by atoms with Crippen molar-refractivity contribution in [3.63, 3.8) is 0 Å². The summed E-state index contributed by atoms with van der Waals surface area (Å²) in [6, 6.07) is 0.210. The number of nitrogens with zero attached hydrogens (tertiary/aromatic N) is 2. The Morgan fingerprint density at radius 3 is 2.48 bits per heavy atom. The van der Waals surface area contributed by atoms with Crippen LogP contribution in [0.1, 0.15) is 78.5 Å². The van der Waals surface area contributed by atoms with E-state index in [0.29, 0.717) is 16.4 Å². The van der Waals surface area contributed by atoms with E-state index in [1.165, 1.54) is 6.42 Å². The lowest BCUT2D eigenvalue weighted by molar-refractivity contribution is -0.0397. The van der Waals surface area contributed by atoms with Crippen LogP contribution in [0, 0.1) is 11.3 Å². The summed E-state index contributed by atoms with van der Waals surface area (Å²) in [5.41, 5.74) is 0.341. The molecule has 120 valence electrons. The molecule has 0 amide bonds. The van der Waals surface area contributed by atoms with Gasteiger partial charge in [0, 0.05) is 6.04 Å². The fraction of sp³-hybridized carbons (Fsp3) is 0.824. The molecule has 3 nitrogen and oxygen atoms in total. The van der Waals surface area contributed by atoms with Crippen molar-refractivity contribution in [2.75, 3.05) is 0 Å². The molecule has 0 unspecified atom stereocenters. The van der Waals surface area contributed by atoms with Gasteiger partial charge in [0.25, 0.3) is 0 Å². The largest absolute Gasteiger partial charge is 0.384 e. The topological polar surface area (TPSA) is 38.1 Å². The van der Waals surface area contributed by atoms with Crippen LogP contribution in [0.3, 0.4) is 0 Å². The molecule has 1 aromatic rings. The van der Waals surface area contributed by atoms with Crippen molar-refractivity contribution in [1.29, 1.82) is 0 Å². The van der Waals surface area contributed by atoms with Crippen LogP contribution < -0.4 is 0 Å². The first-order valence-electron chi connectivity index (χ1n) is 8.17. The fourth-order valence-electron chi connectivity index (χ4n) is 3.57. The van der Waals surface area contributed by atoms with E-state index in [0.717, 1.165) is 31.4 Å². The summed E-state index contributed by atoms with van der Waals surface area (Å²) in [7, 11) is 0. The SMILES string of the molecule is CCC(C)(C)C1CCC(O)(c2c(Cl)cnn2C(C)C)CC1. The van der Waals surface area contributed by atoms with E-state index in [2.05, 4.69) is 39.7 Å². The molecular weight excluding hydrogens is 284 g/mol. The maximum atomic E-state index is 11.2. The van der Waals surface area contributed by atoms with E-state index in [9.17, 15) is 5.11 Å². The molecule has 0 radical (unpaired) electrons. The van der Waals surface area contributed by atoms with Gasteiger partial charge < -0.3 is 5.11 Å². The molecule has 1 saturated carbocycles. The normalized spacial score (nSPS) is 27.3. The second-order valence-electron chi connectivity index (χ2n) is 7.53. The van der Waals surface area contributed by atoms with Gasteiger partial charge in [-0.15, -0.1) is 0 Å². The zero-order valence-electron chi connectivity index (χ0n) is 14.0. The molecule has 4 heteroatoms. The number of halogens is 1. The minimum atomic E-state index is -0.821. The quantitative estimate of drug-likeness (QED) is 0.856. The van der Waals surface area contributed by atoms with Crippen molar-refractivity contribution < 1.29 is 5.11 Å². The van der Waals surface area contributed by atoms with Crippen LogP contribution >= 0.6 is 11.6 Å². The number of aromatic nitrogens is 2. The van der Waals surface area contributed by atoms with Gasteiger partial charge in [-0.25, -0.2) is 0 Å². The molecule has 1 fully saturated rings. The monoisotopic (exact) mass is 312 g/mol. The Hall–Kier alpha value is -0.540. The highest BCUT2D eigenvalue weighted by Gasteiger charge is 2.42. The average molecular weight is 313 g/mol. The Labute approximate surface area is 133 Å². The molecule has 1 heterocycles. The first-order valence-corrected chi connectivity index (χ1v) is 8.55. The fourth-order valence-corrected chi connectivity index (χ4v) is 3.88. The van der Waals surface area contributed by atoms with Gasteiger partial charge >= 0.3 is 0 Å². The van der Waals surface area contributed by atoms with Gasteiger partial charge in [0.05, 0.1) is 16.9 Å². The van der Waals surface area contributed by atoms with Crippen molar-refractivity contribution in [3.05, 3.63) is 16.9 Å². The Kier molecular flexibility index (Phi) is 4.75. The third-order valence-electron chi connectivity index (χ3n) is 5.51. The van der Waals surface area contributed by atoms with Crippen molar-refractivity contribution in [2.45, 2.75) is 78.4 Å². The summed E-state index contributed by atoms with van der Waals surface area (Å²) in [4.78, 5) is 0. The molecule has 0 bridgehead atoms. The summed E-state index contributed by atoms with van der Waals surface area (Å²) >= 11 is 6.32. The minimum absolute atomic E-state index is 0.210. The van der Waals surface area contributed by atoms with Crippen molar-refractivity contribution in [2.24, 2.45) is 11.3 Å². The van der Waals surface area contributed by atoms with Crippen molar-refractivity contribution >= 4 is 11.6 Å². The second kappa shape index (κ2) is 5.92. The van der Waals surface area contributed by atoms with Crippen LogP contribution in [0.15, 0.2) is 6.20 Å². The van der Waals surface area contributed by atoms with E-state index < -0.39 is 5.60 Å². The van der Waals surface area contributed by atoms with Gasteiger partial charge in [0.2, 0.25) is 0 Å². The lowest BCUT2D eigenvalue weighted by atomic mass is 9.66. The highest BCUT2D eigenvalue weighted by Crippen LogP contribution is 2.48. The minimum Gasteiger partial charge on any atom is -0.384 e. The standard InChI is InChI=1S/C17H29ClN2O/c1-6-16(4,5)13-7-9-17(21,10-8-13)15-14(18)11-19-20(15)12(2)3/h11-13,21H,6-10H2,1-5H3. The van der Waals surface area contributed by atoms with Crippen LogP contribution in [0.5, 0.6) is 0 Å². The lowest BCUT2D eigenvalue weighted by Crippen LogP contribution is -2.38. The van der Waals surface area contributed by atoms with Gasteiger partial charge in [0.1, 0.15) is 5.60 Å². The van der Waals surface area contributed by atoms with E-state index in [4.69, 9.17) is 11.6 Å². The molecule has 0 spiro atoms. The zero-order valence-corrected chi connectivity index (χ0v) is 14.7. The lowest BCUT2D eigenvalue weighted by Gasteiger charge is -2.43. The molecule has 1 aliphatic carbocycles. The molecule has 1 aromatic heterocycles. The van der Waals surface area contributed by atoms with Crippen molar-refractivity contribution in [1.82, 2.24) is 9.78 Å². The first-order chi connectivity index (χ1) is 9.71. The van der Waals surface area contributed by atoms with Gasteiger partial charge in [-0.2, -0.15) is 5.10 Å². The Bertz CT molecular complexity index is 485. The molecule has 0 aromatic carbocycles. The van der Waals surface area contributed by atoms with E-state index >= 15 is 0 Å². The summed E-state index contributed by atoms with van der Waals surface area (Å²) in [6.07, 6.45) is 6.50. The van der Waals surface area contributed by atoms with E-state index in [1.807, 2.05) is 4.68 Å². The molecule has 0 atom stereocenters. The molecule has 21 heavy (non-hydrogen) atoms. The van der Waals surface area contributed by atoms with Gasteiger partial charge in [-0.05, 0) is 50.9 Å². The Morgan fingerprint density at radius 1 is 1.43 bits per heavy atom. The summed E-state index contributed by atoms with van der Waals surface area (Å²) < 4.78 is 1.88. The smallest absolute Gasteiger partial charge is 0.108 e. The van der Waals surface area contributed by atoms with Crippen molar-refractivity contribution in [3.8, 4) is 0 Å². The summed E-state index contributed by atoms with van der Waals surface area (Å²) in [5, 5.41) is 16.1. The highest BCUT2D eigenvalue weighted by molar-refractivity contribution is 6.31. The van der Waals surface area contributed by atoms with E-state index in [1.54, 1.807) is 6.20 Å². The molecule has 1 N–H and O–H groups in total. The van der Waals surface area contributed by atoms with Crippen LogP contribution in [0.4, 0.5) is 0 Å². The molecule has 0 aliphatic heterocycles. The van der Waals surface area contributed by atoms with Crippen LogP contribution in [0.25, 0.3) is 0 Å². The number of hydrogen-bond acceptors (Lipinski definition) is 2. The maximum absolute atomic E-state index is 11.2.